The second kappa shape index (κ2) is 6.20. The van der Waals surface area contributed by atoms with Gasteiger partial charge >= 0.3 is 5.97 Å². The fourth-order valence-corrected chi connectivity index (χ4v) is 3.08. The van der Waals surface area contributed by atoms with Crippen LogP contribution in [0.15, 0.2) is 12.1 Å². The minimum Gasteiger partial charge on any atom is -0.479 e. The number of carbonyl (C=O) groups is 2. The van der Waals surface area contributed by atoms with E-state index in [1.807, 2.05) is 6.92 Å². The van der Waals surface area contributed by atoms with Gasteiger partial charge in [0.15, 0.2) is 0 Å². The number of pyridine rings is 1. The number of aliphatic carboxylic acids is 1. The van der Waals surface area contributed by atoms with Crippen LogP contribution in [0.3, 0.4) is 0 Å². The Bertz CT molecular complexity index is 579. The van der Waals surface area contributed by atoms with Gasteiger partial charge in [0.1, 0.15) is 16.4 Å². The molecule has 1 amide bonds. The first kappa shape index (κ1) is 16.0. The molecule has 1 aromatic rings. The summed E-state index contributed by atoms with van der Waals surface area (Å²) in [7, 11) is 0. The molecule has 1 heterocycles. The van der Waals surface area contributed by atoms with Crippen LogP contribution in [-0.2, 0) is 4.79 Å². The SMILES string of the molecule is CC1CCCCC1(NC(=O)c1nc(Cl)ccc1Cl)C(=O)O. The van der Waals surface area contributed by atoms with Crippen LogP contribution in [-0.4, -0.2) is 27.5 Å². The molecule has 1 aliphatic carbocycles. The maximum atomic E-state index is 12.4. The summed E-state index contributed by atoms with van der Waals surface area (Å²) in [6.45, 7) is 1.83. The highest BCUT2D eigenvalue weighted by Crippen LogP contribution is 2.34. The van der Waals surface area contributed by atoms with Crippen LogP contribution in [0.25, 0.3) is 0 Å². The topological polar surface area (TPSA) is 79.3 Å². The standard InChI is InChI=1S/C14H16Cl2N2O3/c1-8-4-2-3-7-14(8,13(20)21)18-12(19)11-9(15)5-6-10(16)17-11/h5-6,8H,2-4,7H2,1H3,(H,18,19)(H,20,21). The number of carboxylic acids is 1. The fourth-order valence-electron chi connectivity index (χ4n) is 2.74. The number of nitrogens with one attached hydrogen (secondary N) is 1. The molecule has 0 spiro atoms. The lowest BCUT2D eigenvalue weighted by molar-refractivity contribution is -0.148. The number of carbonyl (C=O) groups excluding carboxylic acids is 1. The second-order valence-electron chi connectivity index (χ2n) is 5.34. The molecule has 114 valence electrons. The predicted octanol–water partition coefficient (Wildman–Crippen LogP) is 3.15. The maximum Gasteiger partial charge on any atom is 0.329 e. The van der Waals surface area contributed by atoms with Crippen molar-refractivity contribution < 1.29 is 14.7 Å². The van der Waals surface area contributed by atoms with Crippen molar-refractivity contribution in [1.29, 1.82) is 0 Å². The van der Waals surface area contributed by atoms with E-state index >= 15 is 0 Å². The lowest BCUT2D eigenvalue weighted by atomic mass is 9.73. The van der Waals surface area contributed by atoms with E-state index in [-0.39, 0.29) is 21.8 Å². The molecule has 0 radical (unpaired) electrons. The van der Waals surface area contributed by atoms with Crippen LogP contribution >= 0.6 is 23.2 Å². The van der Waals surface area contributed by atoms with Crippen LogP contribution in [0, 0.1) is 5.92 Å². The Balaban J connectivity index is 2.31. The van der Waals surface area contributed by atoms with E-state index in [4.69, 9.17) is 23.2 Å². The number of rotatable bonds is 3. The summed E-state index contributed by atoms with van der Waals surface area (Å²) >= 11 is 11.7. The largest absolute Gasteiger partial charge is 0.479 e. The van der Waals surface area contributed by atoms with Gasteiger partial charge in [-0.15, -0.1) is 0 Å². The van der Waals surface area contributed by atoms with Crippen LogP contribution < -0.4 is 5.32 Å². The lowest BCUT2D eigenvalue weighted by Gasteiger charge is -2.39. The molecule has 1 aliphatic rings. The van der Waals surface area contributed by atoms with Crippen molar-refractivity contribution in [2.24, 2.45) is 5.92 Å². The molecular formula is C14H16Cl2N2O3. The number of halogens is 2. The summed E-state index contributed by atoms with van der Waals surface area (Å²) in [6, 6.07) is 2.93. The zero-order chi connectivity index (χ0) is 15.6. The molecule has 0 saturated heterocycles. The zero-order valence-corrected chi connectivity index (χ0v) is 13.0. The highest BCUT2D eigenvalue weighted by Gasteiger charge is 2.46. The van der Waals surface area contributed by atoms with Gasteiger partial charge in [0.25, 0.3) is 5.91 Å². The number of hydrogen-bond acceptors (Lipinski definition) is 3. The Morgan fingerprint density at radius 2 is 2.10 bits per heavy atom. The Hall–Kier alpha value is -1.33. The maximum absolute atomic E-state index is 12.4. The van der Waals surface area contributed by atoms with Crippen molar-refractivity contribution in [3.8, 4) is 0 Å². The van der Waals surface area contributed by atoms with E-state index < -0.39 is 17.4 Å². The smallest absolute Gasteiger partial charge is 0.329 e. The molecule has 2 atom stereocenters. The highest BCUT2D eigenvalue weighted by atomic mass is 35.5. The summed E-state index contributed by atoms with van der Waals surface area (Å²) in [5, 5.41) is 12.5. The van der Waals surface area contributed by atoms with E-state index in [0.29, 0.717) is 6.42 Å². The third kappa shape index (κ3) is 3.14. The minimum atomic E-state index is -1.28. The third-order valence-electron chi connectivity index (χ3n) is 4.04. The van der Waals surface area contributed by atoms with Gasteiger partial charge in [-0.05, 0) is 30.9 Å². The van der Waals surface area contributed by atoms with Crippen molar-refractivity contribution in [3.05, 3.63) is 28.0 Å². The summed E-state index contributed by atoms with van der Waals surface area (Å²) in [5.41, 5.74) is -1.33. The van der Waals surface area contributed by atoms with Gasteiger partial charge in [0.2, 0.25) is 0 Å². The molecule has 1 saturated carbocycles. The molecule has 0 bridgehead atoms. The molecule has 2 rings (SSSR count). The van der Waals surface area contributed by atoms with Gasteiger partial charge < -0.3 is 10.4 Å². The van der Waals surface area contributed by atoms with E-state index in [9.17, 15) is 14.7 Å². The molecule has 2 unspecified atom stereocenters. The van der Waals surface area contributed by atoms with Gasteiger partial charge in [-0.1, -0.05) is 43.0 Å². The quantitative estimate of drug-likeness (QED) is 0.834. The van der Waals surface area contributed by atoms with Gasteiger partial charge in [-0.3, -0.25) is 4.79 Å². The van der Waals surface area contributed by atoms with E-state index in [0.717, 1.165) is 19.3 Å². The Kier molecular flexibility index (Phi) is 4.74. The normalized spacial score (nSPS) is 25.4. The minimum absolute atomic E-state index is 0.0532. The molecule has 1 fully saturated rings. The van der Waals surface area contributed by atoms with E-state index in [2.05, 4.69) is 10.3 Å². The van der Waals surface area contributed by atoms with Crippen molar-refractivity contribution in [3.63, 3.8) is 0 Å². The number of hydrogen-bond donors (Lipinski definition) is 2. The Labute approximate surface area is 132 Å². The molecule has 2 N–H and O–H groups in total. The van der Waals surface area contributed by atoms with E-state index in [1.165, 1.54) is 12.1 Å². The van der Waals surface area contributed by atoms with Crippen LogP contribution in [0.4, 0.5) is 0 Å². The average molecular weight is 331 g/mol. The summed E-state index contributed by atoms with van der Waals surface area (Å²) < 4.78 is 0. The first-order valence-corrected chi connectivity index (χ1v) is 7.50. The summed E-state index contributed by atoms with van der Waals surface area (Å²) in [4.78, 5) is 28.0. The molecule has 1 aromatic heterocycles. The summed E-state index contributed by atoms with van der Waals surface area (Å²) in [5.74, 6) is -1.80. The average Bonchev–Trinajstić information content (AvgIpc) is 2.43. The van der Waals surface area contributed by atoms with Gasteiger partial charge in [-0.2, -0.15) is 0 Å². The Morgan fingerprint density at radius 3 is 2.71 bits per heavy atom. The van der Waals surface area contributed by atoms with Crippen LogP contribution in [0.5, 0.6) is 0 Å². The number of aromatic nitrogens is 1. The van der Waals surface area contributed by atoms with Crippen molar-refractivity contribution >= 4 is 35.1 Å². The summed E-state index contributed by atoms with van der Waals surface area (Å²) in [6.07, 6.45) is 2.87. The molecule has 7 heteroatoms. The Morgan fingerprint density at radius 1 is 1.38 bits per heavy atom. The molecule has 0 aromatic carbocycles. The van der Waals surface area contributed by atoms with Crippen LogP contribution in [0.2, 0.25) is 10.2 Å². The number of carboxylic acid groups (broad SMARTS) is 1. The molecule has 5 nitrogen and oxygen atoms in total. The first-order valence-electron chi connectivity index (χ1n) is 6.75. The molecule has 21 heavy (non-hydrogen) atoms. The zero-order valence-electron chi connectivity index (χ0n) is 11.5. The lowest BCUT2D eigenvalue weighted by Crippen LogP contribution is -2.60. The van der Waals surface area contributed by atoms with Crippen LogP contribution in [0.1, 0.15) is 43.1 Å². The third-order valence-corrected chi connectivity index (χ3v) is 4.56. The van der Waals surface area contributed by atoms with Gasteiger partial charge in [0, 0.05) is 0 Å². The van der Waals surface area contributed by atoms with E-state index in [1.54, 1.807) is 0 Å². The predicted molar refractivity (Wildman–Crippen MR) is 79.7 cm³/mol. The van der Waals surface area contributed by atoms with Crippen molar-refractivity contribution in [1.82, 2.24) is 10.3 Å². The monoisotopic (exact) mass is 330 g/mol. The van der Waals surface area contributed by atoms with Crippen molar-refractivity contribution in [2.75, 3.05) is 0 Å². The fraction of sp³-hybridized carbons (Fsp3) is 0.500. The highest BCUT2D eigenvalue weighted by molar-refractivity contribution is 6.34. The second-order valence-corrected chi connectivity index (χ2v) is 6.14. The van der Waals surface area contributed by atoms with Gasteiger partial charge in [0.05, 0.1) is 5.02 Å². The first-order chi connectivity index (χ1) is 9.86. The molecule has 0 aliphatic heterocycles. The van der Waals surface area contributed by atoms with Crippen molar-refractivity contribution in [2.45, 2.75) is 38.1 Å². The number of amides is 1. The molecular weight excluding hydrogens is 315 g/mol. The number of nitrogens with zero attached hydrogens (tertiary/aromatic N) is 1. The van der Waals surface area contributed by atoms with Gasteiger partial charge in [-0.25, -0.2) is 9.78 Å².